The van der Waals surface area contributed by atoms with Gasteiger partial charge in [0, 0.05) is 11.5 Å². The van der Waals surface area contributed by atoms with E-state index in [2.05, 4.69) is 0 Å². The predicted molar refractivity (Wildman–Crippen MR) is 72.3 cm³/mol. The molecule has 0 bridgehead atoms. The van der Waals surface area contributed by atoms with E-state index in [0.29, 0.717) is 16.7 Å². The molecule has 0 atom stereocenters. The minimum atomic E-state index is -1.29. The first-order chi connectivity index (χ1) is 9.63. The van der Waals surface area contributed by atoms with Crippen LogP contribution in [0.1, 0.15) is 36.0 Å². The largest absolute Gasteiger partial charge is 0.490 e. The van der Waals surface area contributed by atoms with E-state index >= 15 is 0 Å². The zero-order valence-corrected chi connectivity index (χ0v) is 10.8. The third-order valence-electron chi connectivity index (χ3n) is 3.54. The van der Waals surface area contributed by atoms with Gasteiger partial charge in [-0.1, -0.05) is 0 Å². The molecule has 0 spiro atoms. The van der Waals surface area contributed by atoms with E-state index in [1.807, 2.05) is 0 Å². The molecule has 1 aliphatic carbocycles. The Hall–Kier alpha value is -2.30. The van der Waals surface area contributed by atoms with Crippen LogP contribution in [0, 0.1) is 0 Å². The minimum Gasteiger partial charge on any atom is -0.490 e. The first-order valence-corrected chi connectivity index (χ1v) is 6.61. The highest BCUT2D eigenvalue weighted by Gasteiger charge is 2.17. The summed E-state index contributed by atoms with van der Waals surface area (Å²) in [5.41, 5.74) is -0.861. The van der Waals surface area contributed by atoms with Gasteiger partial charge < -0.3 is 14.3 Å². The molecular weight excluding hydrogens is 260 g/mol. The van der Waals surface area contributed by atoms with Gasteiger partial charge in [-0.05, 0) is 43.9 Å². The minimum absolute atomic E-state index is 0.220. The maximum Gasteiger partial charge on any atom is 0.351 e. The fourth-order valence-electron chi connectivity index (χ4n) is 2.51. The Morgan fingerprint density at radius 3 is 2.70 bits per heavy atom. The van der Waals surface area contributed by atoms with E-state index in [1.165, 1.54) is 18.9 Å². The first-order valence-electron chi connectivity index (χ1n) is 6.61. The summed E-state index contributed by atoms with van der Waals surface area (Å²) in [6.07, 6.45) is 4.65. The number of fused-ring (bicyclic) bond motifs is 1. The van der Waals surface area contributed by atoms with Crippen LogP contribution in [-0.2, 0) is 0 Å². The molecule has 0 unspecified atom stereocenters. The van der Waals surface area contributed by atoms with Crippen LogP contribution in [-0.4, -0.2) is 17.2 Å². The van der Waals surface area contributed by atoms with Crippen molar-refractivity contribution in [1.29, 1.82) is 0 Å². The van der Waals surface area contributed by atoms with Gasteiger partial charge in [0.25, 0.3) is 0 Å². The van der Waals surface area contributed by atoms with Gasteiger partial charge in [0.15, 0.2) is 0 Å². The van der Waals surface area contributed by atoms with Gasteiger partial charge in [-0.3, -0.25) is 0 Å². The number of ether oxygens (including phenoxy) is 1. The number of aromatic carboxylic acids is 1. The van der Waals surface area contributed by atoms with Crippen LogP contribution in [0.5, 0.6) is 5.75 Å². The number of carbonyl (C=O) groups is 1. The number of carboxylic acids is 1. The third-order valence-corrected chi connectivity index (χ3v) is 3.54. The highest BCUT2D eigenvalue weighted by molar-refractivity contribution is 5.91. The molecule has 0 amide bonds. The van der Waals surface area contributed by atoms with Gasteiger partial charge in [0.1, 0.15) is 16.9 Å². The molecule has 1 aliphatic rings. The van der Waals surface area contributed by atoms with Crippen molar-refractivity contribution in [2.75, 3.05) is 0 Å². The SMILES string of the molecule is O=C(O)c1cc2ccc(OC3CCCC3)cc2oc1=O. The number of carboxylic acid groups (broad SMARTS) is 1. The van der Waals surface area contributed by atoms with Crippen LogP contribution in [0.15, 0.2) is 33.5 Å². The molecule has 1 aromatic heterocycles. The van der Waals surface area contributed by atoms with Crippen molar-refractivity contribution in [3.8, 4) is 5.75 Å². The Morgan fingerprint density at radius 1 is 1.25 bits per heavy atom. The molecule has 0 saturated heterocycles. The van der Waals surface area contributed by atoms with E-state index in [9.17, 15) is 9.59 Å². The summed E-state index contributed by atoms with van der Waals surface area (Å²) in [6.45, 7) is 0. The summed E-state index contributed by atoms with van der Waals surface area (Å²) in [6, 6.07) is 6.44. The molecular formula is C15H14O5. The van der Waals surface area contributed by atoms with Crippen LogP contribution in [0.3, 0.4) is 0 Å². The van der Waals surface area contributed by atoms with E-state index in [1.54, 1.807) is 18.2 Å². The van der Waals surface area contributed by atoms with Gasteiger partial charge in [0.05, 0.1) is 6.10 Å². The predicted octanol–water partition coefficient (Wildman–Crippen LogP) is 2.81. The summed E-state index contributed by atoms with van der Waals surface area (Å²) >= 11 is 0. The normalized spacial score (nSPS) is 15.6. The first kappa shape index (κ1) is 12.7. The molecule has 0 aliphatic heterocycles. The Balaban J connectivity index is 1.96. The van der Waals surface area contributed by atoms with Gasteiger partial charge in [0.2, 0.25) is 0 Å². The summed E-state index contributed by atoms with van der Waals surface area (Å²) in [7, 11) is 0. The van der Waals surface area contributed by atoms with Crippen molar-refractivity contribution in [3.63, 3.8) is 0 Å². The zero-order chi connectivity index (χ0) is 14.1. The Labute approximate surface area is 114 Å². The van der Waals surface area contributed by atoms with Crippen molar-refractivity contribution in [1.82, 2.24) is 0 Å². The second kappa shape index (κ2) is 5.00. The fraction of sp³-hybridized carbons (Fsp3) is 0.333. The quantitative estimate of drug-likeness (QED) is 0.871. The van der Waals surface area contributed by atoms with Crippen molar-refractivity contribution in [2.45, 2.75) is 31.8 Å². The number of rotatable bonds is 3. The topological polar surface area (TPSA) is 76.7 Å². The van der Waals surface area contributed by atoms with Crippen molar-refractivity contribution in [2.24, 2.45) is 0 Å². The Kier molecular flexibility index (Phi) is 3.18. The second-order valence-electron chi connectivity index (χ2n) is 4.98. The molecule has 5 nitrogen and oxygen atoms in total. The van der Waals surface area contributed by atoms with Gasteiger partial charge in [-0.15, -0.1) is 0 Å². The third kappa shape index (κ3) is 2.39. The summed E-state index contributed by atoms with van der Waals surface area (Å²) in [5.74, 6) is -0.637. The molecule has 1 N–H and O–H groups in total. The summed E-state index contributed by atoms with van der Waals surface area (Å²) < 4.78 is 10.9. The summed E-state index contributed by atoms with van der Waals surface area (Å²) in [4.78, 5) is 22.4. The van der Waals surface area contributed by atoms with E-state index in [0.717, 1.165) is 12.8 Å². The lowest BCUT2D eigenvalue weighted by molar-refractivity contribution is 0.0692. The standard InChI is InChI=1S/C15H14O5/c16-14(17)12-7-9-5-6-11(8-13(9)20-15(12)18)19-10-3-1-2-4-10/h5-8,10H,1-4H2,(H,16,17). The van der Waals surface area contributed by atoms with Crippen LogP contribution >= 0.6 is 0 Å². The van der Waals surface area contributed by atoms with Crippen LogP contribution in [0.2, 0.25) is 0 Å². The molecule has 5 heteroatoms. The van der Waals surface area contributed by atoms with Crippen LogP contribution in [0.4, 0.5) is 0 Å². The molecule has 2 aromatic rings. The van der Waals surface area contributed by atoms with Crippen LogP contribution < -0.4 is 10.4 Å². The Morgan fingerprint density at radius 2 is 2.00 bits per heavy atom. The highest BCUT2D eigenvalue weighted by Crippen LogP contribution is 2.26. The fourth-order valence-corrected chi connectivity index (χ4v) is 2.51. The molecule has 20 heavy (non-hydrogen) atoms. The second-order valence-corrected chi connectivity index (χ2v) is 4.98. The lowest BCUT2D eigenvalue weighted by atomic mass is 10.2. The van der Waals surface area contributed by atoms with Gasteiger partial charge in [-0.25, -0.2) is 9.59 Å². The molecule has 0 radical (unpaired) electrons. The molecule has 3 rings (SSSR count). The van der Waals surface area contributed by atoms with Gasteiger partial charge >= 0.3 is 11.6 Å². The Bertz CT molecular complexity index is 710. The van der Waals surface area contributed by atoms with E-state index < -0.39 is 11.6 Å². The van der Waals surface area contributed by atoms with Crippen molar-refractivity contribution < 1.29 is 19.1 Å². The van der Waals surface area contributed by atoms with Crippen molar-refractivity contribution >= 4 is 16.9 Å². The number of hydrogen-bond acceptors (Lipinski definition) is 4. The maximum absolute atomic E-state index is 11.5. The molecule has 104 valence electrons. The van der Waals surface area contributed by atoms with Crippen molar-refractivity contribution in [3.05, 3.63) is 40.2 Å². The molecule has 1 aromatic carbocycles. The number of hydrogen-bond donors (Lipinski definition) is 1. The van der Waals surface area contributed by atoms with E-state index in [4.69, 9.17) is 14.3 Å². The number of benzene rings is 1. The molecule has 1 saturated carbocycles. The van der Waals surface area contributed by atoms with Crippen LogP contribution in [0.25, 0.3) is 11.0 Å². The molecule has 1 heterocycles. The molecule has 1 fully saturated rings. The van der Waals surface area contributed by atoms with E-state index in [-0.39, 0.29) is 11.7 Å². The highest BCUT2D eigenvalue weighted by atomic mass is 16.5. The lowest BCUT2D eigenvalue weighted by Gasteiger charge is -2.13. The van der Waals surface area contributed by atoms with Gasteiger partial charge in [-0.2, -0.15) is 0 Å². The zero-order valence-electron chi connectivity index (χ0n) is 10.8. The smallest absolute Gasteiger partial charge is 0.351 e. The lowest BCUT2D eigenvalue weighted by Crippen LogP contribution is -2.13. The average molecular weight is 274 g/mol. The average Bonchev–Trinajstić information content (AvgIpc) is 2.90. The summed E-state index contributed by atoms with van der Waals surface area (Å²) in [5, 5.41) is 9.45. The monoisotopic (exact) mass is 274 g/mol. The maximum atomic E-state index is 11.5.